The van der Waals surface area contributed by atoms with Gasteiger partial charge in [0.2, 0.25) is 0 Å². The Morgan fingerprint density at radius 3 is 2.68 bits per heavy atom. The molecule has 0 saturated carbocycles. The van der Waals surface area contributed by atoms with Crippen molar-refractivity contribution in [2.24, 2.45) is 0 Å². The van der Waals surface area contributed by atoms with Gasteiger partial charge in [-0.3, -0.25) is 0 Å². The van der Waals surface area contributed by atoms with Gasteiger partial charge in [-0.15, -0.1) is 0 Å². The molecule has 1 aromatic carbocycles. The first-order chi connectivity index (χ1) is 9.28. The molecule has 2 rings (SSSR count). The second-order valence-electron chi connectivity index (χ2n) is 3.70. The van der Waals surface area contributed by atoms with Crippen molar-refractivity contribution in [2.75, 3.05) is 19.5 Å². The molecule has 0 radical (unpaired) electrons. The molecular weight excluding hydrogens is 242 g/mol. The fourth-order valence-electron chi connectivity index (χ4n) is 1.64. The number of nitrogens with zero attached hydrogens (tertiary/aromatic N) is 2. The van der Waals surface area contributed by atoms with Crippen LogP contribution in [0.2, 0.25) is 0 Å². The van der Waals surface area contributed by atoms with Crippen LogP contribution in [0, 0.1) is 11.3 Å². The number of rotatable bonds is 4. The smallest absolute Gasteiger partial charge is 0.163 e. The average molecular weight is 255 g/mol. The molecule has 0 spiro atoms. The van der Waals surface area contributed by atoms with Crippen LogP contribution in [0.15, 0.2) is 36.5 Å². The van der Waals surface area contributed by atoms with Gasteiger partial charge >= 0.3 is 0 Å². The number of nitriles is 1. The zero-order chi connectivity index (χ0) is 13.7. The number of hydrogen-bond donors (Lipinski definition) is 1. The number of nitrogens with one attached hydrogen (secondary N) is 1. The molecule has 1 N–H and O–H groups in total. The van der Waals surface area contributed by atoms with Gasteiger partial charge in [0.15, 0.2) is 5.69 Å². The summed E-state index contributed by atoms with van der Waals surface area (Å²) in [6, 6.07) is 11.0. The number of ether oxygens (including phenoxy) is 2. The first kappa shape index (κ1) is 12.7. The molecule has 1 aromatic heterocycles. The lowest BCUT2D eigenvalue weighted by Gasteiger charge is -2.12. The lowest BCUT2D eigenvalue weighted by molar-refractivity contribution is 0.395. The quantitative estimate of drug-likeness (QED) is 0.909. The van der Waals surface area contributed by atoms with Gasteiger partial charge in [-0.05, 0) is 24.3 Å². The summed E-state index contributed by atoms with van der Waals surface area (Å²) >= 11 is 0. The van der Waals surface area contributed by atoms with Gasteiger partial charge < -0.3 is 14.8 Å². The molecule has 0 aliphatic rings. The number of benzene rings is 1. The van der Waals surface area contributed by atoms with E-state index in [1.54, 1.807) is 38.6 Å². The number of methoxy groups -OCH3 is 2. The van der Waals surface area contributed by atoms with Crippen LogP contribution in [0.5, 0.6) is 11.5 Å². The van der Waals surface area contributed by atoms with E-state index in [9.17, 15) is 0 Å². The van der Waals surface area contributed by atoms with Gasteiger partial charge in [0.1, 0.15) is 17.6 Å². The molecule has 0 amide bonds. The maximum atomic E-state index is 9.00. The highest BCUT2D eigenvalue weighted by Gasteiger charge is 2.08. The maximum Gasteiger partial charge on any atom is 0.163 e. The van der Waals surface area contributed by atoms with E-state index in [-0.39, 0.29) is 0 Å². The summed E-state index contributed by atoms with van der Waals surface area (Å²) < 4.78 is 10.4. The minimum atomic E-state index is 0.334. The van der Waals surface area contributed by atoms with Gasteiger partial charge in [0, 0.05) is 12.3 Å². The minimum Gasteiger partial charge on any atom is -0.497 e. The molecule has 0 unspecified atom stereocenters. The van der Waals surface area contributed by atoms with Crippen LogP contribution in [0.4, 0.5) is 11.4 Å². The second-order valence-corrected chi connectivity index (χ2v) is 3.70. The molecule has 0 aliphatic carbocycles. The molecule has 0 bridgehead atoms. The van der Waals surface area contributed by atoms with E-state index >= 15 is 0 Å². The van der Waals surface area contributed by atoms with E-state index in [2.05, 4.69) is 10.3 Å². The predicted molar refractivity (Wildman–Crippen MR) is 71.8 cm³/mol. The van der Waals surface area contributed by atoms with Crippen LogP contribution in [0.3, 0.4) is 0 Å². The summed E-state index contributed by atoms with van der Waals surface area (Å²) in [6.45, 7) is 0. The van der Waals surface area contributed by atoms with E-state index < -0.39 is 0 Å². The van der Waals surface area contributed by atoms with E-state index in [0.717, 1.165) is 5.69 Å². The van der Waals surface area contributed by atoms with Crippen LogP contribution in [-0.2, 0) is 0 Å². The predicted octanol–water partition coefficient (Wildman–Crippen LogP) is 2.71. The second kappa shape index (κ2) is 5.74. The number of anilines is 2. The summed E-state index contributed by atoms with van der Waals surface area (Å²) in [7, 11) is 3.17. The molecule has 2 aromatic rings. The highest BCUT2D eigenvalue weighted by Crippen LogP contribution is 2.31. The minimum absolute atomic E-state index is 0.334. The van der Waals surface area contributed by atoms with Crippen molar-refractivity contribution in [3.63, 3.8) is 0 Å². The van der Waals surface area contributed by atoms with Crippen LogP contribution in [0.25, 0.3) is 0 Å². The molecule has 96 valence electrons. The van der Waals surface area contributed by atoms with Gasteiger partial charge in [0.05, 0.1) is 25.6 Å². The summed E-state index contributed by atoms with van der Waals surface area (Å²) in [5.74, 6) is 1.33. The topological polar surface area (TPSA) is 67.2 Å². The van der Waals surface area contributed by atoms with Crippen LogP contribution < -0.4 is 14.8 Å². The molecule has 1 heterocycles. The summed E-state index contributed by atoms with van der Waals surface area (Å²) in [5.41, 5.74) is 1.71. The molecule has 0 fully saturated rings. The standard InChI is InChI=1S/C14H13N3O2/c1-18-10-5-6-12(14(8-10)19-2)17-11-4-3-7-16-13(11)9-15/h3-8,17H,1-2H3. The third kappa shape index (κ3) is 2.75. The third-order valence-electron chi connectivity index (χ3n) is 2.59. The molecule has 0 saturated heterocycles. The summed E-state index contributed by atoms with van der Waals surface area (Å²) in [4.78, 5) is 3.99. The first-order valence-electron chi connectivity index (χ1n) is 5.62. The van der Waals surface area contributed by atoms with Crippen molar-refractivity contribution in [1.29, 1.82) is 5.26 Å². The first-order valence-corrected chi connectivity index (χ1v) is 5.62. The number of pyridine rings is 1. The lowest BCUT2D eigenvalue weighted by Crippen LogP contribution is -1.98. The fraction of sp³-hybridized carbons (Fsp3) is 0.143. The normalized spacial score (nSPS) is 9.53. The Kier molecular flexibility index (Phi) is 3.84. The monoisotopic (exact) mass is 255 g/mol. The summed E-state index contributed by atoms with van der Waals surface area (Å²) in [6.07, 6.45) is 1.58. The zero-order valence-corrected chi connectivity index (χ0v) is 10.7. The highest BCUT2D eigenvalue weighted by molar-refractivity contribution is 5.70. The molecule has 5 nitrogen and oxygen atoms in total. The molecule has 0 atom stereocenters. The van der Waals surface area contributed by atoms with Gasteiger partial charge in [-0.1, -0.05) is 0 Å². The van der Waals surface area contributed by atoms with E-state index in [1.165, 1.54) is 0 Å². The van der Waals surface area contributed by atoms with Crippen molar-refractivity contribution < 1.29 is 9.47 Å². The summed E-state index contributed by atoms with van der Waals surface area (Å²) in [5, 5.41) is 12.1. The number of aromatic nitrogens is 1. The van der Waals surface area contributed by atoms with Crippen LogP contribution in [-0.4, -0.2) is 19.2 Å². The highest BCUT2D eigenvalue weighted by atomic mass is 16.5. The Balaban J connectivity index is 2.36. The van der Waals surface area contributed by atoms with Crippen molar-refractivity contribution in [2.45, 2.75) is 0 Å². The Hall–Kier alpha value is -2.74. The zero-order valence-electron chi connectivity index (χ0n) is 10.7. The molecule has 5 heteroatoms. The Bertz CT molecular complexity index is 620. The molecular formula is C14H13N3O2. The fourth-order valence-corrected chi connectivity index (χ4v) is 1.64. The Morgan fingerprint density at radius 2 is 2.00 bits per heavy atom. The molecule has 19 heavy (non-hydrogen) atoms. The van der Waals surface area contributed by atoms with Crippen LogP contribution in [0.1, 0.15) is 5.69 Å². The van der Waals surface area contributed by atoms with Gasteiger partial charge in [-0.25, -0.2) is 4.98 Å². The van der Waals surface area contributed by atoms with E-state index in [0.29, 0.717) is 22.9 Å². The van der Waals surface area contributed by atoms with Crippen LogP contribution >= 0.6 is 0 Å². The van der Waals surface area contributed by atoms with Crippen molar-refractivity contribution in [1.82, 2.24) is 4.98 Å². The Labute approximate surface area is 111 Å². The third-order valence-corrected chi connectivity index (χ3v) is 2.59. The lowest BCUT2D eigenvalue weighted by atomic mass is 10.2. The van der Waals surface area contributed by atoms with Crippen molar-refractivity contribution in [3.05, 3.63) is 42.2 Å². The van der Waals surface area contributed by atoms with Gasteiger partial charge in [0.25, 0.3) is 0 Å². The maximum absolute atomic E-state index is 9.00. The average Bonchev–Trinajstić information content (AvgIpc) is 2.48. The molecule has 0 aliphatic heterocycles. The van der Waals surface area contributed by atoms with E-state index in [1.807, 2.05) is 18.2 Å². The Morgan fingerprint density at radius 1 is 1.16 bits per heavy atom. The van der Waals surface area contributed by atoms with Crippen molar-refractivity contribution >= 4 is 11.4 Å². The SMILES string of the molecule is COc1ccc(Nc2cccnc2C#N)c(OC)c1. The van der Waals surface area contributed by atoms with E-state index in [4.69, 9.17) is 14.7 Å². The largest absolute Gasteiger partial charge is 0.497 e. The van der Waals surface area contributed by atoms with Gasteiger partial charge in [-0.2, -0.15) is 5.26 Å². The van der Waals surface area contributed by atoms with Crippen molar-refractivity contribution in [3.8, 4) is 17.6 Å². The number of hydrogen-bond acceptors (Lipinski definition) is 5.